The van der Waals surface area contributed by atoms with Crippen molar-refractivity contribution in [2.24, 2.45) is 5.73 Å². The lowest BCUT2D eigenvalue weighted by Gasteiger charge is -2.26. The summed E-state index contributed by atoms with van der Waals surface area (Å²) >= 11 is 0. The Kier molecular flexibility index (Phi) is 3.39. The summed E-state index contributed by atoms with van der Waals surface area (Å²) in [6.45, 7) is 4.34. The lowest BCUT2D eigenvalue weighted by Crippen LogP contribution is -2.27. The van der Waals surface area contributed by atoms with Crippen LogP contribution >= 0.6 is 0 Å². The minimum Gasteiger partial charge on any atom is -0.324 e. The third-order valence-electron chi connectivity index (χ3n) is 3.27. The zero-order chi connectivity index (χ0) is 10.7. The summed E-state index contributed by atoms with van der Waals surface area (Å²) in [5, 5.41) is 3.40. The quantitative estimate of drug-likeness (QED) is 0.775. The predicted molar refractivity (Wildman–Crippen MR) is 63.9 cm³/mol. The average molecular weight is 204 g/mol. The lowest BCUT2D eigenvalue weighted by atomic mass is 9.85. The summed E-state index contributed by atoms with van der Waals surface area (Å²) in [6, 6.07) is 8.78. The van der Waals surface area contributed by atoms with Crippen molar-refractivity contribution in [3.8, 4) is 0 Å². The van der Waals surface area contributed by atoms with Crippen LogP contribution in [0.2, 0.25) is 0 Å². The first-order valence-corrected chi connectivity index (χ1v) is 5.84. The van der Waals surface area contributed by atoms with E-state index in [1.165, 1.54) is 24.0 Å². The Bertz CT molecular complexity index is 314. The van der Waals surface area contributed by atoms with Crippen molar-refractivity contribution in [2.45, 2.75) is 31.7 Å². The maximum Gasteiger partial charge on any atom is 0.0268 e. The Hall–Kier alpha value is -0.860. The number of piperidine rings is 1. The highest BCUT2D eigenvalue weighted by molar-refractivity contribution is 5.32. The molecule has 0 radical (unpaired) electrons. The molecule has 0 aromatic heterocycles. The van der Waals surface area contributed by atoms with Crippen molar-refractivity contribution < 1.29 is 0 Å². The third kappa shape index (κ3) is 2.39. The summed E-state index contributed by atoms with van der Waals surface area (Å²) in [5.74, 6) is 0.702. The molecule has 15 heavy (non-hydrogen) atoms. The molecule has 0 bridgehead atoms. The van der Waals surface area contributed by atoms with Crippen LogP contribution < -0.4 is 11.1 Å². The SMILES string of the molecule is CC(N)c1ccccc1C1CCNCC1. The second-order valence-corrected chi connectivity index (χ2v) is 4.44. The Morgan fingerprint density at radius 1 is 1.27 bits per heavy atom. The van der Waals surface area contributed by atoms with Crippen LogP contribution in [0.15, 0.2) is 24.3 Å². The van der Waals surface area contributed by atoms with E-state index in [9.17, 15) is 0 Å². The van der Waals surface area contributed by atoms with Gasteiger partial charge in [0.15, 0.2) is 0 Å². The molecule has 0 amide bonds. The Labute approximate surface area is 91.9 Å². The highest BCUT2D eigenvalue weighted by atomic mass is 14.9. The first-order chi connectivity index (χ1) is 7.29. The minimum absolute atomic E-state index is 0.149. The molecule has 1 heterocycles. The first kappa shape index (κ1) is 10.7. The van der Waals surface area contributed by atoms with Crippen LogP contribution in [0.1, 0.15) is 42.9 Å². The van der Waals surface area contributed by atoms with Crippen LogP contribution in [0.4, 0.5) is 0 Å². The topological polar surface area (TPSA) is 38.0 Å². The van der Waals surface area contributed by atoms with Crippen LogP contribution in [0.25, 0.3) is 0 Å². The van der Waals surface area contributed by atoms with E-state index in [4.69, 9.17) is 5.73 Å². The number of hydrogen-bond donors (Lipinski definition) is 2. The summed E-state index contributed by atoms with van der Waals surface area (Å²) in [4.78, 5) is 0. The molecule has 2 heteroatoms. The van der Waals surface area contributed by atoms with Gasteiger partial charge in [0, 0.05) is 6.04 Å². The maximum atomic E-state index is 6.01. The van der Waals surface area contributed by atoms with E-state index in [1.807, 2.05) is 0 Å². The molecule has 1 aliphatic rings. The van der Waals surface area contributed by atoms with Gasteiger partial charge in [0.25, 0.3) is 0 Å². The molecule has 0 saturated carbocycles. The van der Waals surface area contributed by atoms with Crippen molar-refractivity contribution in [1.82, 2.24) is 5.32 Å². The Balaban J connectivity index is 2.25. The van der Waals surface area contributed by atoms with E-state index in [1.54, 1.807) is 0 Å². The van der Waals surface area contributed by atoms with E-state index < -0.39 is 0 Å². The van der Waals surface area contributed by atoms with Crippen LogP contribution in [-0.2, 0) is 0 Å². The number of nitrogens with one attached hydrogen (secondary N) is 1. The van der Waals surface area contributed by atoms with Gasteiger partial charge in [-0.25, -0.2) is 0 Å². The number of benzene rings is 1. The van der Waals surface area contributed by atoms with Crippen molar-refractivity contribution >= 4 is 0 Å². The molecule has 82 valence electrons. The standard InChI is InChI=1S/C13H20N2/c1-10(14)12-4-2-3-5-13(12)11-6-8-15-9-7-11/h2-5,10-11,15H,6-9,14H2,1H3. The number of rotatable bonds is 2. The molecule has 0 spiro atoms. The van der Waals surface area contributed by atoms with E-state index >= 15 is 0 Å². The summed E-state index contributed by atoms with van der Waals surface area (Å²) in [6.07, 6.45) is 2.48. The van der Waals surface area contributed by atoms with Gasteiger partial charge in [-0.1, -0.05) is 24.3 Å². The Morgan fingerprint density at radius 3 is 2.60 bits per heavy atom. The molecule has 0 aliphatic carbocycles. The normalized spacial score (nSPS) is 20.1. The van der Waals surface area contributed by atoms with E-state index in [2.05, 4.69) is 36.5 Å². The van der Waals surface area contributed by atoms with Crippen molar-refractivity contribution in [3.63, 3.8) is 0 Å². The fourth-order valence-electron chi connectivity index (χ4n) is 2.43. The fraction of sp³-hybridized carbons (Fsp3) is 0.538. The molecule has 3 N–H and O–H groups in total. The number of nitrogens with two attached hydrogens (primary N) is 1. The first-order valence-electron chi connectivity index (χ1n) is 5.84. The zero-order valence-electron chi connectivity index (χ0n) is 9.37. The predicted octanol–water partition coefficient (Wildman–Crippen LogP) is 2.17. The largest absolute Gasteiger partial charge is 0.324 e. The average Bonchev–Trinajstić information content (AvgIpc) is 2.30. The molecule has 2 nitrogen and oxygen atoms in total. The van der Waals surface area contributed by atoms with E-state index in [0.717, 1.165) is 13.1 Å². The van der Waals surface area contributed by atoms with Gasteiger partial charge in [-0.3, -0.25) is 0 Å². The number of hydrogen-bond acceptors (Lipinski definition) is 2. The second-order valence-electron chi connectivity index (χ2n) is 4.44. The molecule has 1 aromatic rings. The molecule has 1 unspecified atom stereocenters. The fourth-order valence-corrected chi connectivity index (χ4v) is 2.43. The van der Waals surface area contributed by atoms with E-state index in [0.29, 0.717) is 5.92 Å². The molecule has 1 saturated heterocycles. The second kappa shape index (κ2) is 4.77. The molecule has 1 fully saturated rings. The minimum atomic E-state index is 0.149. The molecular formula is C13H20N2. The van der Waals surface area contributed by atoms with Crippen molar-refractivity contribution in [1.29, 1.82) is 0 Å². The van der Waals surface area contributed by atoms with Gasteiger partial charge in [0.1, 0.15) is 0 Å². The Morgan fingerprint density at radius 2 is 1.93 bits per heavy atom. The van der Waals surface area contributed by atoms with Gasteiger partial charge < -0.3 is 11.1 Å². The van der Waals surface area contributed by atoms with Gasteiger partial charge >= 0.3 is 0 Å². The summed E-state index contributed by atoms with van der Waals surface area (Å²) in [7, 11) is 0. The van der Waals surface area contributed by atoms with Crippen LogP contribution in [-0.4, -0.2) is 13.1 Å². The highest BCUT2D eigenvalue weighted by Gasteiger charge is 2.18. The van der Waals surface area contributed by atoms with Crippen molar-refractivity contribution in [2.75, 3.05) is 13.1 Å². The molecule has 1 aliphatic heterocycles. The molecular weight excluding hydrogens is 184 g/mol. The van der Waals surface area contributed by atoms with E-state index in [-0.39, 0.29) is 6.04 Å². The highest BCUT2D eigenvalue weighted by Crippen LogP contribution is 2.30. The lowest BCUT2D eigenvalue weighted by molar-refractivity contribution is 0.457. The van der Waals surface area contributed by atoms with Crippen molar-refractivity contribution in [3.05, 3.63) is 35.4 Å². The monoisotopic (exact) mass is 204 g/mol. The summed E-state index contributed by atoms with van der Waals surface area (Å²) in [5.41, 5.74) is 8.80. The molecule has 2 rings (SSSR count). The van der Waals surface area contributed by atoms with Gasteiger partial charge in [-0.15, -0.1) is 0 Å². The van der Waals surface area contributed by atoms with Crippen LogP contribution in [0, 0.1) is 0 Å². The van der Waals surface area contributed by atoms with Crippen LogP contribution in [0.3, 0.4) is 0 Å². The van der Waals surface area contributed by atoms with Gasteiger partial charge in [-0.05, 0) is 49.9 Å². The molecule has 1 atom stereocenters. The smallest absolute Gasteiger partial charge is 0.0268 e. The molecule has 1 aromatic carbocycles. The van der Waals surface area contributed by atoms with Gasteiger partial charge in [0.2, 0.25) is 0 Å². The maximum absolute atomic E-state index is 6.01. The van der Waals surface area contributed by atoms with Crippen LogP contribution in [0.5, 0.6) is 0 Å². The third-order valence-corrected chi connectivity index (χ3v) is 3.27. The summed E-state index contributed by atoms with van der Waals surface area (Å²) < 4.78 is 0. The van der Waals surface area contributed by atoms with Gasteiger partial charge in [-0.2, -0.15) is 0 Å². The zero-order valence-corrected chi connectivity index (χ0v) is 9.37. The van der Waals surface area contributed by atoms with Gasteiger partial charge in [0.05, 0.1) is 0 Å².